The van der Waals surface area contributed by atoms with E-state index in [1.807, 2.05) is 0 Å². The summed E-state index contributed by atoms with van der Waals surface area (Å²) in [4.78, 5) is 24.1. The number of likely N-dealkylation sites (N-methyl/N-ethyl adjacent to an activating group) is 1. The van der Waals surface area contributed by atoms with Gasteiger partial charge in [0.2, 0.25) is 0 Å². The monoisotopic (exact) mass is 264 g/mol. The van der Waals surface area contributed by atoms with Gasteiger partial charge in [-0.15, -0.1) is 0 Å². The minimum atomic E-state index is -0.534. The molecule has 1 amide bonds. The van der Waals surface area contributed by atoms with E-state index in [2.05, 4.69) is 5.32 Å². The van der Waals surface area contributed by atoms with Gasteiger partial charge in [0.15, 0.2) is 0 Å². The first-order valence-corrected chi connectivity index (χ1v) is 6.02. The van der Waals surface area contributed by atoms with Gasteiger partial charge in [-0.25, -0.2) is 0 Å². The number of nitro groups is 1. The number of anilines is 1. The zero-order chi connectivity index (χ0) is 14.0. The summed E-state index contributed by atoms with van der Waals surface area (Å²) < 4.78 is 0. The lowest BCUT2D eigenvalue weighted by Crippen LogP contribution is -2.38. The first-order chi connectivity index (χ1) is 9.00. The average Bonchev–Trinajstić information content (AvgIpc) is 2.91. The predicted molar refractivity (Wildman–Crippen MR) is 70.9 cm³/mol. The van der Waals surface area contributed by atoms with Crippen molar-refractivity contribution >= 4 is 17.3 Å². The van der Waals surface area contributed by atoms with Crippen LogP contribution in [0.2, 0.25) is 0 Å². The highest BCUT2D eigenvalue weighted by Gasteiger charge is 2.26. The Bertz CT molecular complexity index is 512. The maximum absolute atomic E-state index is 12.3. The molecule has 7 nitrogen and oxygen atoms in total. The maximum atomic E-state index is 12.3. The topological polar surface area (TPSA) is 102 Å². The maximum Gasteiger partial charge on any atom is 0.270 e. The van der Waals surface area contributed by atoms with Crippen molar-refractivity contribution in [1.82, 2.24) is 10.2 Å². The SMILES string of the molecule is CN(C(=O)c1cc([N+](=O)[O-])ccc1N)C1CCNC1. The number of hydrogen-bond acceptors (Lipinski definition) is 5. The molecule has 0 radical (unpaired) electrons. The number of nitrogens with one attached hydrogen (secondary N) is 1. The Labute approximate surface area is 110 Å². The largest absolute Gasteiger partial charge is 0.398 e. The molecule has 3 N–H and O–H groups in total. The van der Waals surface area contributed by atoms with Gasteiger partial charge in [0, 0.05) is 37.5 Å². The van der Waals surface area contributed by atoms with Gasteiger partial charge in [0.1, 0.15) is 0 Å². The Morgan fingerprint density at radius 3 is 2.89 bits per heavy atom. The van der Waals surface area contributed by atoms with Gasteiger partial charge in [-0.05, 0) is 19.0 Å². The van der Waals surface area contributed by atoms with Crippen LogP contribution in [0.3, 0.4) is 0 Å². The highest BCUT2D eigenvalue weighted by Crippen LogP contribution is 2.22. The van der Waals surface area contributed by atoms with Gasteiger partial charge in [0.25, 0.3) is 11.6 Å². The molecule has 1 unspecified atom stereocenters. The molecule has 0 spiro atoms. The van der Waals surface area contributed by atoms with Crippen LogP contribution in [-0.2, 0) is 0 Å². The molecule has 1 aromatic carbocycles. The van der Waals surface area contributed by atoms with E-state index in [1.54, 1.807) is 11.9 Å². The van der Waals surface area contributed by atoms with Gasteiger partial charge in [-0.1, -0.05) is 0 Å². The molecule has 0 aliphatic carbocycles. The molecular weight excluding hydrogens is 248 g/mol. The molecular formula is C12H16N4O3. The van der Waals surface area contributed by atoms with Crippen LogP contribution in [-0.4, -0.2) is 41.9 Å². The zero-order valence-corrected chi connectivity index (χ0v) is 10.6. The average molecular weight is 264 g/mol. The van der Waals surface area contributed by atoms with Gasteiger partial charge in [-0.2, -0.15) is 0 Å². The number of nitrogen functional groups attached to an aromatic ring is 1. The number of amides is 1. The van der Waals surface area contributed by atoms with Crippen molar-refractivity contribution in [3.05, 3.63) is 33.9 Å². The lowest BCUT2D eigenvalue weighted by atomic mass is 10.1. The second-order valence-corrected chi connectivity index (χ2v) is 4.59. The Morgan fingerprint density at radius 1 is 1.58 bits per heavy atom. The number of hydrogen-bond donors (Lipinski definition) is 2. The third kappa shape index (κ3) is 2.65. The molecule has 1 aromatic rings. The third-order valence-corrected chi connectivity index (χ3v) is 3.38. The van der Waals surface area contributed by atoms with Crippen molar-refractivity contribution in [2.24, 2.45) is 0 Å². The summed E-state index contributed by atoms with van der Waals surface area (Å²) in [5, 5.41) is 13.9. The second kappa shape index (κ2) is 5.23. The number of benzene rings is 1. The number of nitro benzene ring substituents is 1. The minimum Gasteiger partial charge on any atom is -0.398 e. The van der Waals surface area contributed by atoms with Crippen LogP contribution in [0.25, 0.3) is 0 Å². The number of non-ortho nitro benzene ring substituents is 1. The summed E-state index contributed by atoms with van der Waals surface area (Å²) >= 11 is 0. The molecule has 1 heterocycles. The first-order valence-electron chi connectivity index (χ1n) is 6.02. The first kappa shape index (κ1) is 13.3. The van der Waals surface area contributed by atoms with Crippen molar-refractivity contribution < 1.29 is 9.72 Å². The fraction of sp³-hybridized carbons (Fsp3) is 0.417. The lowest BCUT2D eigenvalue weighted by Gasteiger charge is -2.24. The summed E-state index contributed by atoms with van der Waals surface area (Å²) in [6.45, 7) is 1.60. The molecule has 0 aromatic heterocycles. The predicted octanol–water partition coefficient (Wildman–Crippen LogP) is 0.611. The van der Waals surface area contributed by atoms with Crippen LogP contribution in [0.15, 0.2) is 18.2 Å². The van der Waals surface area contributed by atoms with Gasteiger partial charge in [0.05, 0.1) is 10.5 Å². The van der Waals surface area contributed by atoms with Crippen molar-refractivity contribution in [2.75, 3.05) is 25.9 Å². The summed E-state index contributed by atoms with van der Waals surface area (Å²) in [7, 11) is 1.69. The van der Waals surface area contributed by atoms with Crippen LogP contribution in [0.5, 0.6) is 0 Å². The number of rotatable bonds is 3. The number of carbonyl (C=O) groups excluding carboxylic acids is 1. The van der Waals surface area contributed by atoms with E-state index < -0.39 is 4.92 Å². The second-order valence-electron chi connectivity index (χ2n) is 4.59. The van der Waals surface area contributed by atoms with E-state index in [1.165, 1.54) is 18.2 Å². The molecule has 1 saturated heterocycles. The smallest absolute Gasteiger partial charge is 0.270 e. The Morgan fingerprint density at radius 2 is 2.32 bits per heavy atom. The summed E-state index contributed by atoms with van der Waals surface area (Å²) in [5.74, 6) is -0.282. The fourth-order valence-corrected chi connectivity index (χ4v) is 2.17. The van der Waals surface area contributed by atoms with Crippen LogP contribution < -0.4 is 11.1 Å². The molecule has 1 aliphatic rings. The van der Waals surface area contributed by atoms with Crippen molar-refractivity contribution in [1.29, 1.82) is 0 Å². The minimum absolute atomic E-state index is 0.103. The van der Waals surface area contributed by atoms with E-state index in [0.717, 1.165) is 19.5 Å². The number of carbonyl (C=O) groups is 1. The normalized spacial score (nSPS) is 18.3. The van der Waals surface area contributed by atoms with E-state index >= 15 is 0 Å². The van der Waals surface area contributed by atoms with E-state index in [9.17, 15) is 14.9 Å². The number of nitrogens with zero attached hydrogens (tertiary/aromatic N) is 2. The molecule has 0 bridgehead atoms. The summed E-state index contributed by atoms with van der Waals surface area (Å²) in [6, 6.07) is 4.03. The van der Waals surface area contributed by atoms with Crippen LogP contribution in [0, 0.1) is 10.1 Å². The molecule has 19 heavy (non-hydrogen) atoms. The van der Waals surface area contributed by atoms with Crippen molar-refractivity contribution in [3.8, 4) is 0 Å². The summed E-state index contributed by atoms with van der Waals surface area (Å²) in [6.07, 6.45) is 0.872. The molecule has 0 saturated carbocycles. The Kier molecular flexibility index (Phi) is 3.66. The fourth-order valence-electron chi connectivity index (χ4n) is 2.17. The van der Waals surface area contributed by atoms with Crippen molar-refractivity contribution in [3.63, 3.8) is 0 Å². The van der Waals surface area contributed by atoms with Crippen molar-refractivity contribution in [2.45, 2.75) is 12.5 Å². The van der Waals surface area contributed by atoms with E-state index in [0.29, 0.717) is 0 Å². The van der Waals surface area contributed by atoms with Gasteiger partial charge >= 0.3 is 0 Å². The highest BCUT2D eigenvalue weighted by atomic mass is 16.6. The Hall–Kier alpha value is -2.15. The molecule has 1 atom stereocenters. The molecule has 1 aliphatic heterocycles. The van der Waals surface area contributed by atoms with Crippen LogP contribution in [0.4, 0.5) is 11.4 Å². The molecule has 1 fully saturated rings. The molecule has 7 heteroatoms. The Balaban J connectivity index is 2.26. The molecule has 102 valence electrons. The third-order valence-electron chi connectivity index (χ3n) is 3.38. The molecule has 2 rings (SSSR count). The zero-order valence-electron chi connectivity index (χ0n) is 10.6. The van der Waals surface area contributed by atoms with Crippen LogP contribution >= 0.6 is 0 Å². The van der Waals surface area contributed by atoms with E-state index in [-0.39, 0.29) is 28.9 Å². The van der Waals surface area contributed by atoms with E-state index in [4.69, 9.17) is 5.73 Å². The summed E-state index contributed by atoms with van der Waals surface area (Å²) in [5.41, 5.74) is 6.05. The van der Waals surface area contributed by atoms with Gasteiger partial charge in [-0.3, -0.25) is 14.9 Å². The van der Waals surface area contributed by atoms with Crippen LogP contribution in [0.1, 0.15) is 16.8 Å². The highest BCUT2D eigenvalue weighted by molar-refractivity contribution is 5.99. The lowest BCUT2D eigenvalue weighted by molar-refractivity contribution is -0.384. The quantitative estimate of drug-likeness (QED) is 0.473. The number of nitrogens with two attached hydrogens (primary N) is 1. The van der Waals surface area contributed by atoms with Gasteiger partial charge < -0.3 is 16.0 Å². The standard InChI is InChI=1S/C12H16N4O3/c1-15(9-4-5-14-7-9)12(17)10-6-8(16(18)19)2-3-11(10)13/h2-3,6,9,14H,4-5,7,13H2,1H3.